The maximum absolute atomic E-state index is 11.4. The van der Waals surface area contributed by atoms with E-state index in [0.717, 1.165) is 12.5 Å². The number of nitrogens with zero attached hydrogens (tertiary/aromatic N) is 2. The molecule has 0 radical (unpaired) electrons. The highest BCUT2D eigenvalue weighted by Crippen LogP contribution is 2.19. The lowest BCUT2D eigenvalue weighted by Crippen LogP contribution is -2.44. The van der Waals surface area contributed by atoms with Crippen LogP contribution < -0.4 is 10.6 Å². The topological polar surface area (TPSA) is 56.7 Å². The summed E-state index contributed by atoms with van der Waals surface area (Å²) in [5, 5.41) is 6.39. The molecule has 19 heavy (non-hydrogen) atoms. The van der Waals surface area contributed by atoms with E-state index in [9.17, 15) is 4.79 Å². The average molecular weight is 402 g/mol. The SMILES string of the molecule is CN=C(NCCC(=O)N(C)C)NCC(C)(C)SC.I. The quantitative estimate of drug-likeness (QED) is 0.401. The minimum atomic E-state index is 0. The van der Waals surface area contributed by atoms with Crippen LogP contribution in [0.15, 0.2) is 4.99 Å². The van der Waals surface area contributed by atoms with Crippen molar-refractivity contribution in [1.29, 1.82) is 0 Å². The number of thioether (sulfide) groups is 1. The Labute approximate surface area is 138 Å². The fourth-order valence-corrected chi connectivity index (χ4v) is 1.32. The van der Waals surface area contributed by atoms with Crippen LogP contribution in [0, 0.1) is 0 Å². The van der Waals surface area contributed by atoms with Gasteiger partial charge in [-0.25, -0.2) is 0 Å². The Morgan fingerprint density at radius 2 is 1.89 bits per heavy atom. The zero-order valence-electron chi connectivity index (χ0n) is 12.7. The highest BCUT2D eigenvalue weighted by atomic mass is 127. The van der Waals surface area contributed by atoms with Crippen LogP contribution in [0.2, 0.25) is 0 Å². The molecule has 0 saturated heterocycles. The standard InChI is InChI=1S/C12H26N4OS.HI/c1-12(2,18-6)9-15-11(13-3)14-8-7-10(17)16(4)5;/h7-9H2,1-6H3,(H2,13,14,15);1H. The van der Waals surface area contributed by atoms with E-state index in [1.54, 1.807) is 37.8 Å². The molecule has 0 atom stereocenters. The second-order valence-electron chi connectivity index (χ2n) is 4.85. The van der Waals surface area contributed by atoms with Crippen molar-refractivity contribution in [3.8, 4) is 0 Å². The molecule has 0 heterocycles. The van der Waals surface area contributed by atoms with Crippen LogP contribution in [-0.4, -0.2) is 62.0 Å². The third kappa shape index (κ3) is 10.3. The van der Waals surface area contributed by atoms with E-state index in [1.807, 2.05) is 0 Å². The third-order valence-electron chi connectivity index (χ3n) is 2.59. The van der Waals surface area contributed by atoms with Gasteiger partial charge in [0.15, 0.2) is 5.96 Å². The third-order valence-corrected chi connectivity index (χ3v) is 3.84. The Balaban J connectivity index is 0. The number of hydrogen-bond donors (Lipinski definition) is 2. The van der Waals surface area contributed by atoms with Gasteiger partial charge in [0.2, 0.25) is 5.91 Å². The fraction of sp³-hybridized carbons (Fsp3) is 0.833. The molecule has 0 aliphatic rings. The first-order chi connectivity index (χ1) is 8.32. The van der Waals surface area contributed by atoms with E-state index in [-0.39, 0.29) is 34.6 Å². The Morgan fingerprint density at radius 1 is 1.32 bits per heavy atom. The van der Waals surface area contributed by atoms with Crippen molar-refractivity contribution in [3.63, 3.8) is 0 Å². The van der Waals surface area contributed by atoms with Crippen molar-refractivity contribution in [3.05, 3.63) is 0 Å². The number of nitrogens with one attached hydrogen (secondary N) is 2. The Hall–Kier alpha value is -0.180. The van der Waals surface area contributed by atoms with Gasteiger partial charge in [-0.1, -0.05) is 0 Å². The molecule has 0 aromatic heterocycles. The minimum absolute atomic E-state index is 0. The van der Waals surface area contributed by atoms with Crippen LogP contribution in [-0.2, 0) is 4.79 Å². The van der Waals surface area contributed by atoms with E-state index in [2.05, 4.69) is 35.7 Å². The van der Waals surface area contributed by atoms with Crippen LogP contribution in [0.1, 0.15) is 20.3 Å². The van der Waals surface area contributed by atoms with Crippen molar-refractivity contribution in [1.82, 2.24) is 15.5 Å². The van der Waals surface area contributed by atoms with E-state index in [0.29, 0.717) is 13.0 Å². The molecule has 0 unspecified atom stereocenters. The molecule has 0 bridgehead atoms. The number of rotatable bonds is 6. The molecule has 7 heteroatoms. The van der Waals surface area contributed by atoms with Crippen molar-refractivity contribution in [2.24, 2.45) is 4.99 Å². The van der Waals surface area contributed by atoms with Crippen molar-refractivity contribution in [2.75, 3.05) is 40.5 Å². The van der Waals surface area contributed by atoms with Crippen LogP contribution >= 0.6 is 35.7 Å². The molecule has 0 rings (SSSR count). The average Bonchev–Trinajstić information content (AvgIpc) is 2.33. The number of hydrogen-bond acceptors (Lipinski definition) is 3. The Bertz CT molecular complexity index is 295. The van der Waals surface area contributed by atoms with Gasteiger partial charge in [-0.3, -0.25) is 9.79 Å². The smallest absolute Gasteiger partial charge is 0.223 e. The Morgan fingerprint density at radius 3 is 2.32 bits per heavy atom. The van der Waals surface area contributed by atoms with Gasteiger partial charge in [0.25, 0.3) is 0 Å². The van der Waals surface area contributed by atoms with Gasteiger partial charge in [0, 0.05) is 45.4 Å². The van der Waals surface area contributed by atoms with Gasteiger partial charge in [-0.2, -0.15) is 11.8 Å². The van der Waals surface area contributed by atoms with E-state index < -0.39 is 0 Å². The molecule has 0 saturated carbocycles. The molecule has 114 valence electrons. The highest BCUT2D eigenvalue weighted by molar-refractivity contribution is 14.0. The molecule has 1 amide bonds. The second kappa shape index (κ2) is 10.6. The summed E-state index contributed by atoms with van der Waals surface area (Å²) in [7, 11) is 5.25. The minimum Gasteiger partial charge on any atom is -0.356 e. The van der Waals surface area contributed by atoms with E-state index in [4.69, 9.17) is 0 Å². The zero-order chi connectivity index (χ0) is 14.2. The van der Waals surface area contributed by atoms with E-state index >= 15 is 0 Å². The highest BCUT2D eigenvalue weighted by Gasteiger charge is 2.16. The normalized spacial score (nSPS) is 11.6. The predicted molar refractivity (Wildman–Crippen MR) is 95.7 cm³/mol. The van der Waals surface area contributed by atoms with Crippen molar-refractivity contribution < 1.29 is 4.79 Å². The maximum atomic E-state index is 11.4. The molecule has 0 aliphatic heterocycles. The number of halogens is 1. The number of guanidine groups is 1. The van der Waals surface area contributed by atoms with Crippen LogP contribution in [0.5, 0.6) is 0 Å². The first kappa shape index (κ1) is 21.1. The summed E-state index contributed by atoms with van der Waals surface area (Å²) in [5.41, 5.74) is 0. The van der Waals surface area contributed by atoms with Gasteiger partial charge in [-0.05, 0) is 20.1 Å². The number of amides is 1. The molecule has 0 fully saturated rings. The van der Waals surface area contributed by atoms with Crippen molar-refractivity contribution in [2.45, 2.75) is 25.0 Å². The molecule has 0 spiro atoms. The number of carbonyl (C=O) groups excluding carboxylic acids is 1. The van der Waals surface area contributed by atoms with Gasteiger partial charge in [-0.15, -0.1) is 24.0 Å². The molecular weight excluding hydrogens is 375 g/mol. The largest absolute Gasteiger partial charge is 0.356 e. The molecule has 5 nitrogen and oxygen atoms in total. The summed E-state index contributed by atoms with van der Waals surface area (Å²) in [4.78, 5) is 17.1. The van der Waals surface area contributed by atoms with Gasteiger partial charge in [0.05, 0.1) is 0 Å². The lowest BCUT2D eigenvalue weighted by atomic mass is 10.2. The molecule has 0 aliphatic carbocycles. The van der Waals surface area contributed by atoms with E-state index in [1.165, 1.54) is 0 Å². The second-order valence-corrected chi connectivity index (χ2v) is 6.37. The summed E-state index contributed by atoms with van der Waals surface area (Å²) in [6, 6.07) is 0. The van der Waals surface area contributed by atoms with Gasteiger partial charge >= 0.3 is 0 Å². The molecule has 0 aromatic carbocycles. The van der Waals surface area contributed by atoms with Gasteiger partial charge in [0.1, 0.15) is 0 Å². The number of aliphatic imine (C=N–C) groups is 1. The first-order valence-corrected chi connectivity index (χ1v) is 7.24. The lowest BCUT2D eigenvalue weighted by Gasteiger charge is -2.23. The van der Waals surface area contributed by atoms with Crippen molar-refractivity contribution >= 4 is 47.6 Å². The fourth-order valence-electron chi connectivity index (χ4n) is 1.10. The molecule has 2 N–H and O–H groups in total. The zero-order valence-corrected chi connectivity index (χ0v) is 15.9. The number of carbonyl (C=O) groups is 1. The molecule has 0 aromatic rings. The summed E-state index contributed by atoms with van der Waals surface area (Å²) in [6.07, 6.45) is 2.56. The van der Waals surface area contributed by atoms with Crippen LogP contribution in [0.3, 0.4) is 0 Å². The lowest BCUT2D eigenvalue weighted by molar-refractivity contribution is -0.128. The summed E-state index contributed by atoms with van der Waals surface area (Å²) in [5.74, 6) is 0.853. The first-order valence-electron chi connectivity index (χ1n) is 6.02. The summed E-state index contributed by atoms with van der Waals surface area (Å²) in [6.45, 7) is 5.77. The van der Waals surface area contributed by atoms with Gasteiger partial charge < -0.3 is 15.5 Å². The summed E-state index contributed by atoms with van der Waals surface area (Å²) >= 11 is 1.81. The predicted octanol–water partition coefficient (Wildman–Crippen LogP) is 1.39. The maximum Gasteiger partial charge on any atom is 0.223 e. The monoisotopic (exact) mass is 402 g/mol. The molecular formula is C12H27IN4OS. The Kier molecular flexibility index (Phi) is 11.8. The van der Waals surface area contributed by atoms with Crippen LogP contribution in [0.25, 0.3) is 0 Å². The summed E-state index contributed by atoms with van der Waals surface area (Å²) < 4.78 is 0.164. The van der Waals surface area contributed by atoms with Crippen LogP contribution in [0.4, 0.5) is 0 Å².